The van der Waals surface area contributed by atoms with Crippen molar-refractivity contribution in [2.45, 2.75) is 89.9 Å². The van der Waals surface area contributed by atoms with Crippen LogP contribution in [-0.2, 0) is 57.6 Å². The Balaban J connectivity index is 1.10. The lowest BCUT2D eigenvalue weighted by atomic mass is 9.98. The zero-order valence-corrected chi connectivity index (χ0v) is 43.2. The van der Waals surface area contributed by atoms with E-state index in [9.17, 15) is 39.9 Å². The number of nitrogens with one attached hydrogen (secondary N) is 2. The normalized spacial score (nSPS) is 11.1. The van der Waals surface area contributed by atoms with Gasteiger partial charge in [0.1, 0.15) is 22.6 Å². The molecule has 19 nitrogen and oxygen atoms in total. The maximum absolute atomic E-state index is 14.1. The van der Waals surface area contributed by atoms with Gasteiger partial charge in [-0.15, -0.1) is 0 Å². The molecule has 7 rings (SSSR count). The number of aliphatic hydroxyl groups excluding tert-OH is 2. The molecule has 0 atom stereocenters. The number of carbonyl (C=O) groups is 4. The topological polar surface area (TPSA) is 289 Å². The largest absolute Gasteiger partial charge is 0.494 e. The van der Waals surface area contributed by atoms with Gasteiger partial charge in [-0.25, -0.2) is 9.59 Å². The lowest BCUT2D eigenvalue weighted by molar-refractivity contribution is -0.122. The summed E-state index contributed by atoms with van der Waals surface area (Å²) in [6.45, 7) is -0.169. The van der Waals surface area contributed by atoms with E-state index in [2.05, 4.69) is 22.8 Å². The molecule has 77 heavy (non-hydrogen) atoms. The van der Waals surface area contributed by atoms with Crippen LogP contribution in [0.3, 0.4) is 0 Å². The zero-order chi connectivity index (χ0) is 54.8. The minimum absolute atomic E-state index is 0.00883. The van der Waals surface area contributed by atoms with Crippen molar-refractivity contribution >= 4 is 56.5 Å². The van der Waals surface area contributed by atoms with Crippen LogP contribution >= 0.6 is 0 Å². The molecule has 0 saturated carbocycles. The van der Waals surface area contributed by atoms with Crippen molar-refractivity contribution in [1.82, 2.24) is 15.2 Å². The molecule has 404 valence electrons. The van der Waals surface area contributed by atoms with Gasteiger partial charge in [-0.2, -0.15) is 10.5 Å². The first-order valence-electron chi connectivity index (χ1n) is 25.7. The SMILES string of the molecule is COc1cc(CCC(=O)NCCO)cc2c(C(=O)OCCCc3cc(CCCOC(=O)c4c(CCCC#N)oc5c(OC)cc(CCC(=O)NCCO)cc45)c4c(O)n(-c5ccccc5)c(O)c4c3)c(CCCC#N)oc12. The monoisotopic (exact) mass is 1050 g/mol. The first-order valence-corrected chi connectivity index (χ1v) is 25.7. The van der Waals surface area contributed by atoms with E-state index in [1.807, 2.05) is 12.1 Å². The van der Waals surface area contributed by atoms with Gasteiger partial charge in [0.25, 0.3) is 0 Å². The molecular formula is C58H63N5O14. The van der Waals surface area contributed by atoms with Crippen LogP contribution in [0, 0.1) is 22.7 Å². The van der Waals surface area contributed by atoms with Gasteiger partial charge >= 0.3 is 11.9 Å². The van der Waals surface area contributed by atoms with Crippen LogP contribution in [0.2, 0.25) is 0 Å². The van der Waals surface area contributed by atoms with Crippen LogP contribution < -0.4 is 20.1 Å². The van der Waals surface area contributed by atoms with Crippen molar-refractivity contribution in [3.63, 3.8) is 0 Å². The number of benzene rings is 4. The van der Waals surface area contributed by atoms with Gasteiger partial charge < -0.3 is 58.8 Å². The van der Waals surface area contributed by atoms with Crippen molar-refractivity contribution in [3.8, 4) is 41.1 Å². The van der Waals surface area contributed by atoms with Crippen molar-refractivity contribution in [2.75, 3.05) is 53.7 Å². The Hall–Kier alpha value is -8.52. The number of nitrogens with zero attached hydrogens (tertiary/aromatic N) is 3. The number of esters is 2. The van der Waals surface area contributed by atoms with Crippen LogP contribution in [0.1, 0.15) is 106 Å². The molecule has 6 N–H and O–H groups in total. The standard InChI is InChI=1S/C58H63N5O14/c1-72-46-34-37(18-20-48(66)61-24-26-64)31-41-51(44(76-53(41)46)16-6-8-22-59)57(70)74-28-10-12-36-30-39(50-43(33-36)55(68)63(56(50)69)40-14-4-3-5-15-40)13-11-29-75-58(71)52-42-32-38(19-21-49(67)62-25-27-65)35-47(73-2)54(42)77-45(52)17-7-9-23-60/h3-5,14-15,30-35,64-65,68-69H,6-13,16-21,24-29H2,1-2H3,(H,61,66)(H,62,67). The van der Waals surface area contributed by atoms with E-state index in [-0.39, 0.29) is 113 Å². The summed E-state index contributed by atoms with van der Waals surface area (Å²) in [5.74, 6) is -0.760. The number of furan rings is 2. The second kappa shape index (κ2) is 27.3. The minimum atomic E-state index is -0.656. The summed E-state index contributed by atoms with van der Waals surface area (Å²) in [5, 5.41) is 67.1. The van der Waals surface area contributed by atoms with Crippen molar-refractivity contribution in [2.24, 2.45) is 0 Å². The highest BCUT2D eigenvalue weighted by molar-refractivity contribution is 6.07. The molecule has 0 radical (unpaired) electrons. The molecule has 0 spiro atoms. The van der Waals surface area contributed by atoms with Crippen LogP contribution in [0.5, 0.6) is 23.3 Å². The van der Waals surface area contributed by atoms with Crippen molar-refractivity contribution < 1.29 is 67.4 Å². The Labute approximate surface area is 444 Å². The van der Waals surface area contributed by atoms with Gasteiger partial charge in [0, 0.05) is 67.8 Å². The van der Waals surface area contributed by atoms with E-state index in [0.717, 1.165) is 5.56 Å². The molecule has 7 aromatic rings. The number of nitriles is 2. The molecule has 19 heteroatoms. The highest BCUT2D eigenvalue weighted by atomic mass is 16.5. The van der Waals surface area contributed by atoms with Gasteiger partial charge in [-0.05, 0) is 116 Å². The minimum Gasteiger partial charge on any atom is -0.494 e. The predicted octanol–water partition coefficient (Wildman–Crippen LogP) is 7.91. The summed E-state index contributed by atoms with van der Waals surface area (Å²) in [6, 6.07) is 23.8. The quantitative estimate of drug-likeness (QED) is 0.0192. The van der Waals surface area contributed by atoms with Gasteiger partial charge in [-0.3, -0.25) is 14.2 Å². The number of hydrogen-bond acceptors (Lipinski definition) is 16. The number of aliphatic hydroxyl groups is 2. The number of aromatic nitrogens is 1. The fourth-order valence-electron chi connectivity index (χ4n) is 9.40. The number of carbonyl (C=O) groups excluding carboxylic acids is 4. The lowest BCUT2D eigenvalue weighted by Gasteiger charge is -2.11. The first-order chi connectivity index (χ1) is 37.4. The number of methoxy groups -OCH3 is 2. The number of aryl methyl sites for hydroxylation is 6. The Morgan fingerprint density at radius 3 is 1.56 bits per heavy atom. The molecule has 0 bridgehead atoms. The number of aromatic hydroxyl groups is 2. The molecule has 0 unspecified atom stereocenters. The Morgan fingerprint density at radius 2 is 1.08 bits per heavy atom. The summed E-state index contributed by atoms with van der Waals surface area (Å²) in [4.78, 5) is 52.9. The van der Waals surface area contributed by atoms with E-state index in [1.165, 1.54) is 18.8 Å². The molecule has 0 saturated heterocycles. The molecule has 2 amide bonds. The fraction of sp³-hybridized carbons (Fsp3) is 0.379. The Kier molecular flexibility index (Phi) is 19.9. The molecule has 3 aromatic heterocycles. The maximum atomic E-state index is 14.1. The number of hydrogen-bond donors (Lipinski definition) is 6. The second-order valence-corrected chi connectivity index (χ2v) is 18.3. The van der Waals surface area contributed by atoms with E-state index in [0.29, 0.717) is 129 Å². The summed E-state index contributed by atoms with van der Waals surface area (Å²) in [7, 11) is 2.95. The molecule has 0 aliphatic carbocycles. The van der Waals surface area contributed by atoms with Crippen molar-refractivity contribution in [1.29, 1.82) is 10.5 Å². The number of para-hydroxylation sites is 1. The molecule has 3 heterocycles. The third-order valence-electron chi connectivity index (χ3n) is 13.0. The van der Waals surface area contributed by atoms with Crippen LogP contribution in [0.4, 0.5) is 0 Å². The number of fused-ring (bicyclic) bond motifs is 3. The van der Waals surface area contributed by atoms with Gasteiger partial charge in [-0.1, -0.05) is 24.3 Å². The Bertz CT molecular complexity index is 3310. The van der Waals surface area contributed by atoms with E-state index in [4.69, 9.17) is 38.0 Å². The highest BCUT2D eigenvalue weighted by Gasteiger charge is 2.28. The average Bonchev–Trinajstić information content (AvgIpc) is 4.17. The third kappa shape index (κ3) is 13.7. The number of ether oxygens (including phenoxy) is 4. The van der Waals surface area contributed by atoms with Gasteiger partial charge in [0.2, 0.25) is 23.6 Å². The highest BCUT2D eigenvalue weighted by Crippen LogP contribution is 2.43. The summed E-state index contributed by atoms with van der Waals surface area (Å²) >= 11 is 0. The molecular weight excluding hydrogens is 991 g/mol. The van der Waals surface area contributed by atoms with Gasteiger partial charge in [0.05, 0.1) is 63.9 Å². The lowest BCUT2D eigenvalue weighted by Crippen LogP contribution is -2.26. The molecule has 4 aromatic carbocycles. The molecule has 0 fully saturated rings. The van der Waals surface area contributed by atoms with Crippen LogP contribution in [-0.4, -0.2) is 102 Å². The third-order valence-corrected chi connectivity index (χ3v) is 13.0. The van der Waals surface area contributed by atoms with Gasteiger partial charge in [0.15, 0.2) is 22.7 Å². The molecule has 0 aliphatic heterocycles. The number of rotatable bonds is 29. The van der Waals surface area contributed by atoms with E-state index in [1.54, 1.807) is 54.6 Å². The average molecular weight is 1050 g/mol. The number of amides is 2. The number of unbranched alkanes of at least 4 members (excludes halogenated alkanes) is 2. The summed E-state index contributed by atoms with van der Waals surface area (Å²) in [5.41, 5.74) is 4.42. The van der Waals surface area contributed by atoms with E-state index >= 15 is 0 Å². The summed E-state index contributed by atoms with van der Waals surface area (Å²) in [6.07, 6.45) is 4.10. The van der Waals surface area contributed by atoms with Crippen molar-refractivity contribution in [3.05, 3.63) is 112 Å². The fourth-order valence-corrected chi connectivity index (χ4v) is 9.40. The summed E-state index contributed by atoms with van der Waals surface area (Å²) < 4.78 is 36.9. The smallest absolute Gasteiger partial charge is 0.342 e. The zero-order valence-electron chi connectivity index (χ0n) is 43.2. The van der Waals surface area contributed by atoms with Crippen LogP contribution in [0.25, 0.3) is 38.4 Å². The Morgan fingerprint density at radius 1 is 0.597 bits per heavy atom. The molecule has 0 aliphatic rings. The second-order valence-electron chi connectivity index (χ2n) is 18.3. The maximum Gasteiger partial charge on any atom is 0.342 e. The van der Waals surface area contributed by atoms with Crippen LogP contribution in [0.15, 0.2) is 75.6 Å². The first kappa shape index (κ1) is 56.2. The van der Waals surface area contributed by atoms with E-state index < -0.39 is 11.9 Å². The predicted molar refractivity (Wildman–Crippen MR) is 283 cm³/mol.